The largest absolute Gasteiger partial charge is 0.294 e. The van der Waals surface area contributed by atoms with Crippen LogP contribution in [0.2, 0.25) is 0 Å². The van der Waals surface area contributed by atoms with Gasteiger partial charge in [0.2, 0.25) is 10.0 Å². The van der Waals surface area contributed by atoms with E-state index in [-0.39, 0.29) is 0 Å². The maximum Gasteiger partial charge on any atom is 0.243 e. The molecule has 0 atom stereocenters. The van der Waals surface area contributed by atoms with Gasteiger partial charge < -0.3 is 0 Å². The third-order valence-corrected chi connectivity index (χ3v) is 3.82. The highest BCUT2D eigenvalue weighted by atomic mass is 32.2. The third-order valence-electron chi connectivity index (χ3n) is 2.38. The fraction of sp³-hybridized carbons (Fsp3) is 0.364. The SMILES string of the molecule is CNS(=O)(=O)c1ccc(F)c(C(=O)C(C)C)c1F. The number of Topliss-reactive ketones (excluding diaryl/α,β-unsaturated/α-hetero) is 1. The third kappa shape index (κ3) is 2.56. The van der Waals surface area contributed by atoms with Gasteiger partial charge in [-0.1, -0.05) is 13.8 Å². The van der Waals surface area contributed by atoms with Crippen LogP contribution < -0.4 is 4.72 Å². The molecule has 0 aliphatic heterocycles. The summed E-state index contributed by atoms with van der Waals surface area (Å²) < 4.78 is 52.3. The second kappa shape index (κ2) is 5.11. The van der Waals surface area contributed by atoms with E-state index < -0.39 is 43.8 Å². The minimum atomic E-state index is -4.07. The van der Waals surface area contributed by atoms with Gasteiger partial charge in [0.1, 0.15) is 10.7 Å². The van der Waals surface area contributed by atoms with Gasteiger partial charge in [0, 0.05) is 5.92 Å². The van der Waals surface area contributed by atoms with Crippen molar-refractivity contribution in [2.24, 2.45) is 5.92 Å². The monoisotopic (exact) mass is 277 g/mol. The number of halogens is 2. The number of carbonyl (C=O) groups is 1. The molecule has 1 N–H and O–H groups in total. The number of nitrogens with one attached hydrogen (secondary N) is 1. The average molecular weight is 277 g/mol. The minimum Gasteiger partial charge on any atom is -0.294 e. The average Bonchev–Trinajstić information content (AvgIpc) is 2.28. The zero-order chi connectivity index (χ0) is 14.1. The molecule has 1 aromatic rings. The standard InChI is InChI=1S/C11H13F2NO3S/c1-6(2)11(15)9-7(12)4-5-8(10(9)13)18(16,17)14-3/h4-6,14H,1-3H3. The van der Waals surface area contributed by atoms with E-state index in [1.807, 2.05) is 4.72 Å². The molecule has 0 aromatic heterocycles. The first-order chi connectivity index (χ1) is 8.22. The lowest BCUT2D eigenvalue weighted by Gasteiger charge is -2.10. The molecule has 1 aromatic carbocycles. The Morgan fingerprint density at radius 2 is 1.83 bits per heavy atom. The van der Waals surface area contributed by atoms with Crippen LogP contribution in [-0.4, -0.2) is 21.2 Å². The van der Waals surface area contributed by atoms with Crippen molar-refractivity contribution >= 4 is 15.8 Å². The molecule has 0 amide bonds. The first-order valence-electron chi connectivity index (χ1n) is 5.18. The number of ketones is 1. The van der Waals surface area contributed by atoms with Crippen molar-refractivity contribution in [2.45, 2.75) is 18.7 Å². The summed E-state index contributed by atoms with van der Waals surface area (Å²) in [5.41, 5.74) is -0.818. The molecule has 4 nitrogen and oxygen atoms in total. The Morgan fingerprint density at radius 1 is 1.28 bits per heavy atom. The van der Waals surface area contributed by atoms with Crippen LogP contribution in [0.4, 0.5) is 8.78 Å². The van der Waals surface area contributed by atoms with E-state index in [1.165, 1.54) is 13.8 Å². The molecule has 0 fully saturated rings. The molecule has 0 unspecified atom stereocenters. The molecule has 18 heavy (non-hydrogen) atoms. The Kier molecular flexibility index (Phi) is 4.18. The van der Waals surface area contributed by atoms with Crippen LogP contribution in [0.25, 0.3) is 0 Å². The molecule has 0 saturated carbocycles. The molecular formula is C11H13F2NO3S. The number of benzene rings is 1. The van der Waals surface area contributed by atoms with Crippen molar-refractivity contribution in [3.05, 3.63) is 29.3 Å². The van der Waals surface area contributed by atoms with Crippen molar-refractivity contribution in [3.63, 3.8) is 0 Å². The van der Waals surface area contributed by atoms with Gasteiger partial charge in [0.15, 0.2) is 11.6 Å². The van der Waals surface area contributed by atoms with Crippen molar-refractivity contribution in [3.8, 4) is 0 Å². The van der Waals surface area contributed by atoms with Gasteiger partial charge in [0.05, 0.1) is 5.56 Å². The lowest BCUT2D eigenvalue weighted by atomic mass is 10.0. The summed E-state index contributed by atoms with van der Waals surface area (Å²) in [7, 11) is -2.97. The molecule has 1 rings (SSSR count). The zero-order valence-electron chi connectivity index (χ0n) is 10.1. The van der Waals surface area contributed by atoms with E-state index in [0.717, 1.165) is 19.2 Å². The normalized spacial score (nSPS) is 11.9. The van der Waals surface area contributed by atoms with E-state index in [4.69, 9.17) is 0 Å². The van der Waals surface area contributed by atoms with Crippen molar-refractivity contribution < 1.29 is 22.0 Å². The predicted molar refractivity (Wildman–Crippen MR) is 61.8 cm³/mol. The van der Waals surface area contributed by atoms with Crippen LogP contribution in [0.1, 0.15) is 24.2 Å². The van der Waals surface area contributed by atoms with Crippen molar-refractivity contribution in [2.75, 3.05) is 7.05 Å². The highest BCUT2D eigenvalue weighted by Gasteiger charge is 2.27. The lowest BCUT2D eigenvalue weighted by molar-refractivity contribution is 0.0930. The lowest BCUT2D eigenvalue weighted by Crippen LogP contribution is -2.22. The summed E-state index contributed by atoms with van der Waals surface area (Å²) in [6.07, 6.45) is 0. The maximum absolute atomic E-state index is 13.9. The fourth-order valence-corrected chi connectivity index (χ4v) is 2.17. The van der Waals surface area contributed by atoms with E-state index in [1.54, 1.807) is 0 Å². The first-order valence-corrected chi connectivity index (χ1v) is 6.66. The Morgan fingerprint density at radius 3 is 2.28 bits per heavy atom. The number of carbonyl (C=O) groups excluding carboxylic acids is 1. The molecule has 0 bridgehead atoms. The Labute approximate surface area is 104 Å². The highest BCUT2D eigenvalue weighted by Crippen LogP contribution is 2.23. The Bertz CT molecular complexity index is 582. The van der Waals surface area contributed by atoms with E-state index in [0.29, 0.717) is 0 Å². The van der Waals surface area contributed by atoms with Crippen LogP contribution in [0.3, 0.4) is 0 Å². The number of hydrogen-bond acceptors (Lipinski definition) is 3. The van der Waals surface area contributed by atoms with Crippen LogP contribution in [0, 0.1) is 17.6 Å². The second-order valence-corrected chi connectivity index (χ2v) is 5.82. The summed E-state index contributed by atoms with van der Waals surface area (Å²) in [5.74, 6) is -3.84. The number of hydrogen-bond donors (Lipinski definition) is 1. The van der Waals surface area contributed by atoms with Crippen LogP contribution in [0.5, 0.6) is 0 Å². The van der Waals surface area contributed by atoms with Gasteiger partial charge in [-0.25, -0.2) is 21.9 Å². The molecule has 100 valence electrons. The number of sulfonamides is 1. The second-order valence-electron chi connectivity index (χ2n) is 3.96. The van der Waals surface area contributed by atoms with Gasteiger partial charge in [-0.15, -0.1) is 0 Å². The molecule has 0 aliphatic rings. The summed E-state index contributed by atoms with van der Waals surface area (Å²) in [6, 6.07) is 1.55. The van der Waals surface area contributed by atoms with Crippen LogP contribution in [0.15, 0.2) is 17.0 Å². The van der Waals surface area contributed by atoms with Crippen molar-refractivity contribution in [1.82, 2.24) is 4.72 Å². The summed E-state index contributed by atoms with van der Waals surface area (Å²) in [5, 5.41) is 0. The summed E-state index contributed by atoms with van der Waals surface area (Å²) in [4.78, 5) is 10.9. The molecule has 0 aliphatic carbocycles. The van der Waals surface area contributed by atoms with Crippen LogP contribution >= 0.6 is 0 Å². The quantitative estimate of drug-likeness (QED) is 0.852. The Hall–Kier alpha value is -1.34. The fourth-order valence-electron chi connectivity index (χ4n) is 1.37. The maximum atomic E-state index is 13.9. The highest BCUT2D eigenvalue weighted by molar-refractivity contribution is 7.89. The van der Waals surface area contributed by atoms with E-state index in [2.05, 4.69) is 0 Å². The number of rotatable bonds is 4. The van der Waals surface area contributed by atoms with Gasteiger partial charge in [0.25, 0.3) is 0 Å². The minimum absolute atomic E-state index is 0.637. The molecule has 0 spiro atoms. The zero-order valence-corrected chi connectivity index (χ0v) is 10.9. The molecular weight excluding hydrogens is 264 g/mol. The van der Waals surface area contributed by atoms with Crippen molar-refractivity contribution in [1.29, 1.82) is 0 Å². The van der Waals surface area contributed by atoms with Gasteiger partial charge in [-0.05, 0) is 19.2 Å². The molecule has 7 heteroatoms. The smallest absolute Gasteiger partial charge is 0.243 e. The van der Waals surface area contributed by atoms with E-state index >= 15 is 0 Å². The van der Waals surface area contributed by atoms with Gasteiger partial charge in [-0.3, -0.25) is 4.79 Å². The molecule has 0 heterocycles. The van der Waals surface area contributed by atoms with Gasteiger partial charge in [-0.2, -0.15) is 0 Å². The summed E-state index contributed by atoms with van der Waals surface area (Å²) in [6.45, 7) is 2.95. The van der Waals surface area contributed by atoms with Crippen LogP contribution in [-0.2, 0) is 10.0 Å². The first kappa shape index (κ1) is 14.7. The molecule has 0 saturated heterocycles. The Balaban J connectivity index is 3.56. The summed E-state index contributed by atoms with van der Waals surface area (Å²) >= 11 is 0. The van der Waals surface area contributed by atoms with Gasteiger partial charge >= 0.3 is 0 Å². The predicted octanol–water partition coefficient (Wildman–Crippen LogP) is 1.71. The van der Waals surface area contributed by atoms with E-state index in [9.17, 15) is 22.0 Å². The molecule has 0 radical (unpaired) electrons. The topological polar surface area (TPSA) is 63.2 Å².